The van der Waals surface area contributed by atoms with Crippen LogP contribution < -0.4 is 10.2 Å². The maximum atomic E-state index is 9.36. The van der Waals surface area contributed by atoms with Crippen LogP contribution in [0.4, 0.5) is 0 Å². The summed E-state index contributed by atoms with van der Waals surface area (Å²) in [6, 6.07) is 5.19. The predicted molar refractivity (Wildman–Crippen MR) is 75.6 cm³/mol. The van der Waals surface area contributed by atoms with Crippen molar-refractivity contribution in [3.8, 4) is 5.75 Å². The van der Waals surface area contributed by atoms with Gasteiger partial charge in [-0.1, -0.05) is 17.8 Å². The van der Waals surface area contributed by atoms with Gasteiger partial charge in [0.1, 0.15) is 5.75 Å². The molecule has 0 saturated carbocycles. The smallest absolute Gasteiger partial charge is 0.488 e. The molecule has 0 unspecified atom stereocenters. The van der Waals surface area contributed by atoms with Gasteiger partial charge in [0, 0.05) is 25.2 Å². The molecule has 1 aromatic carbocycles. The van der Waals surface area contributed by atoms with Crippen LogP contribution in [0, 0.1) is 0 Å². The molecule has 0 aliphatic heterocycles. The van der Waals surface area contributed by atoms with Gasteiger partial charge in [-0.25, -0.2) is 4.98 Å². The second-order valence-electron chi connectivity index (χ2n) is 4.05. The van der Waals surface area contributed by atoms with Crippen LogP contribution in [0.3, 0.4) is 0 Å². The van der Waals surface area contributed by atoms with Crippen molar-refractivity contribution in [3.05, 3.63) is 36.2 Å². The van der Waals surface area contributed by atoms with E-state index in [1.54, 1.807) is 25.4 Å². The van der Waals surface area contributed by atoms with Crippen molar-refractivity contribution in [3.63, 3.8) is 0 Å². The topological polar surface area (TPSA) is 67.5 Å². The van der Waals surface area contributed by atoms with E-state index in [9.17, 15) is 10.0 Å². The molecule has 2 aromatic rings. The monoisotopic (exact) mass is 278 g/mol. The van der Waals surface area contributed by atoms with Gasteiger partial charge < -0.3 is 19.4 Å². The molecule has 0 atom stereocenters. The molecule has 0 amide bonds. The number of hydrogen-bond acceptors (Lipinski definition) is 5. The van der Waals surface area contributed by atoms with Crippen LogP contribution in [0.25, 0.3) is 0 Å². The molecule has 0 radical (unpaired) electrons. The summed E-state index contributed by atoms with van der Waals surface area (Å²) in [5, 5.41) is 19.6. The highest BCUT2D eigenvalue weighted by Gasteiger charge is 2.17. The fourth-order valence-corrected chi connectivity index (χ4v) is 2.65. The molecule has 0 aliphatic rings. The number of aromatic nitrogens is 2. The lowest BCUT2D eigenvalue weighted by Crippen LogP contribution is -2.32. The summed E-state index contributed by atoms with van der Waals surface area (Å²) in [4.78, 5) is 4.22. The van der Waals surface area contributed by atoms with Gasteiger partial charge in [-0.05, 0) is 23.2 Å². The lowest BCUT2D eigenvalue weighted by Gasteiger charge is -2.10. The van der Waals surface area contributed by atoms with E-state index in [-0.39, 0.29) is 0 Å². The summed E-state index contributed by atoms with van der Waals surface area (Å²) in [6.07, 6.45) is 3.60. The van der Waals surface area contributed by atoms with Crippen LogP contribution in [-0.4, -0.2) is 33.8 Å². The van der Waals surface area contributed by atoms with Gasteiger partial charge in [0.05, 0.1) is 7.11 Å². The molecule has 2 N–H and O–H groups in total. The molecule has 2 rings (SSSR count). The first-order chi connectivity index (χ1) is 9.11. The van der Waals surface area contributed by atoms with E-state index in [4.69, 9.17) is 4.74 Å². The van der Waals surface area contributed by atoms with E-state index in [1.165, 1.54) is 11.8 Å². The van der Waals surface area contributed by atoms with E-state index < -0.39 is 7.12 Å². The summed E-state index contributed by atoms with van der Waals surface area (Å²) in [5.41, 5.74) is 1.31. The Kier molecular flexibility index (Phi) is 4.52. The van der Waals surface area contributed by atoms with Crippen LogP contribution in [-0.2, 0) is 12.8 Å². The third kappa shape index (κ3) is 3.31. The van der Waals surface area contributed by atoms with Crippen molar-refractivity contribution in [2.24, 2.45) is 7.05 Å². The second kappa shape index (κ2) is 6.14. The molecule has 0 saturated heterocycles. The van der Waals surface area contributed by atoms with Gasteiger partial charge in [0.25, 0.3) is 0 Å². The van der Waals surface area contributed by atoms with Gasteiger partial charge in [-0.15, -0.1) is 0 Å². The number of aryl methyl sites for hydroxylation is 1. The van der Waals surface area contributed by atoms with Crippen molar-refractivity contribution < 1.29 is 14.8 Å². The van der Waals surface area contributed by atoms with Crippen LogP contribution in [0.5, 0.6) is 5.75 Å². The Hall–Kier alpha value is -1.44. The number of imidazole rings is 1. The quantitative estimate of drug-likeness (QED) is 0.612. The molecule has 5 nitrogen and oxygen atoms in total. The molecule has 0 bridgehead atoms. The lowest BCUT2D eigenvalue weighted by molar-refractivity contribution is 0.413. The first kappa shape index (κ1) is 14.0. The third-order valence-electron chi connectivity index (χ3n) is 2.76. The second-order valence-corrected chi connectivity index (χ2v) is 4.99. The summed E-state index contributed by atoms with van der Waals surface area (Å²) in [5.74, 6) is 1.29. The first-order valence-electron chi connectivity index (χ1n) is 5.75. The Morgan fingerprint density at radius 3 is 2.79 bits per heavy atom. The van der Waals surface area contributed by atoms with Crippen molar-refractivity contribution >= 4 is 24.3 Å². The Morgan fingerprint density at radius 2 is 2.21 bits per heavy atom. The molecule has 1 heterocycles. The fourth-order valence-electron chi connectivity index (χ4n) is 1.72. The number of hydrogen-bond donors (Lipinski definition) is 2. The molecule has 100 valence electrons. The highest BCUT2D eigenvalue weighted by molar-refractivity contribution is 7.98. The van der Waals surface area contributed by atoms with E-state index in [0.29, 0.717) is 17.0 Å². The third-order valence-corrected chi connectivity index (χ3v) is 3.87. The number of nitrogens with zero attached hydrogens (tertiary/aromatic N) is 2. The largest absolute Gasteiger partial charge is 0.497 e. The standard InChI is InChI=1S/C12H15BN2O3S/c1-15-6-5-14-12(15)19-8-9-7-10(18-2)3-4-11(9)13(16)17/h3-7,16-17H,8H2,1-2H3. The molecular weight excluding hydrogens is 263 g/mol. The predicted octanol–water partition coefficient (Wildman–Crippen LogP) is 0.401. The van der Waals surface area contributed by atoms with E-state index in [0.717, 1.165) is 10.7 Å². The van der Waals surface area contributed by atoms with E-state index >= 15 is 0 Å². The average Bonchev–Trinajstić information content (AvgIpc) is 2.81. The molecular formula is C12H15BN2O3S. The van der Waals surface area contributed by atoms with Gasteiger partial charge in [-0.2, -0.15) is 0 Å². The van der Waals surface area contributed by atoms with Crippen LogP contribution in [0.2, 0.25) is 0 Å². The lowest BCUT2D eigenvalue weighted by atomic mass is 9.77. The molecule has 0 fully saturated rings. The van der Waals surface area contributed by atoms with Crippen LogP contribution >= 0.6 is 11.8 Å². The molecule has 7 heteroatoms. The van der Waals surface area contributed by atoms with Crippen molar-refractivity contribution in [1.82, 2.24) is 9.55 Å². The maximum Gasteiger partial charge on any atom is 0.488 e. The van der Waals surface area contributed by atoms with Crippen molar-refractivity contribution in [2.75, 3.05) is 7.11 Å². The van der Waals surface area contributed by atoms with Crippen LogP contribution in [0.1, 0.15) is 5.56 Å². The van der Waals surface area contributed by atoms with Gasteiger partial charge in [0.15, 0.2) is 5.16 Å². The Balaban J connectivity index is 2.20. The minimum absolute atomic E-state index is 0.488. The number of ether oxygens (including phenoxy) is 1. The zero-order chi connectivity index (χ0) is 13.8. The minimum atomic E-state index is -1.48. The summed E-state index contributed by atoms with van der Waals surface area (Å²) < 4.78 is 7.07. The van der Waals surface area contributed by atoms with Gasteiger partial charge in [0.2, 0.25) is 0 Å². The SMILES string of the molecule is COc1ccc(B(O)O)c(CSc2nccn2C)c1. The van der Waals surface area contributed by atoms with Gasteiger partial charge in [-0.3, -0.25) is 0 Å². The van der Waals surface area contributed by atoms with Gasteiger partial charge >= 0.3 is 7.12 Å². The molecule has 1 aromatic heterocycles. The summed E-state index contributed by atoms with van der Waals surface area (Å²) in [7, 11) is 2.02. The highest BCUT2D eigenvalue weighted by atomic mass is 32.2. The minimum Gasteiger partial charge on any atom is -0.497 e. The zero-order valence-electron chi connectivity index (χ0n) is 10.8. The van der Waals surface area contributed by atoms with Crippen LogP contribution in [0.15, 0.2) is 35.7 Å². The normalized spacial score (nSPS) is 10.5. The van der Waals surface area contributed by atoms with E-state index in [1.807, 2.05) is 23.9 Å². The Bertz CT molecular complexity index is 560. The number of methoxy groups -OCH3 is 1. The molecule has 0 aliphatic carbocycles. The summed E-state index contributed by atoms with van der Waals surface area (Å²) >= 11 is 1.53. The maximum absolute atomic E-state index is 9.36. The average molecular weight is 278 g/mol. The van der Waals surface area contributed by atoms with Crippen molar-refractivity contribution in [1.29, 1.82) is 0 Å². The molecule has 19 heavy (non-hydrogen) atoms. The Labute approximate surface area is 116 Å². The summed E-state index contributed by atoms with van der Waals surface area (Å²) in [6.45, 7) is 0. The number of thioether (sulfide) groups is 1. The Morgan fingerprint density at radius 1 is 1.42 bits per heavy atom. The highest BCUT2D eigenvalue weighted by Crippen LogP contribution is 2.22. The number of benzene rings is 1. The van der Waals surface area contributed by atoms with E-state index in [2.05, 4.69) is 4.98 Å². The first-order valence-corrected chi connectivity index (χ1v) is 6.73. The number of rotatable bonds is 5. The molecule has 0 spiro atoms. The fraction of sp³-hybridized carbons (Fsp3) is 0.250. The van der Waals surface area contributed by atoms with Crippen molar-refractivity contribution in [2.45, 2.75) is 10.9 Å². The zero-order valence-corrected chi connectivity index (χ0v) is 11.6.